The van der Waals surface area contributed by atoms with Crippen molar-refractivity contribution < 1.29 is 4.79 Å². The summed E-state index contributed by atoms with van der Waals surface area (Å²) in [7, 11) is 0. The van der Waals surface area contributed by atoms with Crippen molar-refractivity contribution in [2.75, 3.05) is 17.2 Å². The second-order valence-corrected chi connectivity index (χ2v) is 5.24. The van der Waals surface area contributed by atoms with Crippen molar-refractivity contribution >= 4 is 40.5 Å². The van der Waals surface area contributed by atoms with Gasteiger partial charge in [0.15, 0.2) is 0 Å². The van der Waals surface area contributed by atoms with E-state index in [0.29, 0.717) is 15.7 Å². The van der Waals surface area contributed by atoms with E-state index in [-0.39, 0.29) is 12.5 Å². The van der Waals surface area contributed by atoms with Crippen LogP contribution in [0.3, 0.4) is 0 Å². The smallest absolute Gasteiger partial charge is 0.243 e. The van der Waals surface area contributed by atoms with Gasteiger partial charge >= 0.3 is 0 Å². The van der Waals surface area contributed by atoms with Crippen LogP contribution in [0, 0.1) is 6.92 Å². The van der Waals surface area contributed by atoms with E-state index < -0.39 is 0 Å². The lowest BCUT2D eigenvalue weighted by Gasteiger charge is -2.10. The Labute approximate surface area is 127 Å². The lowest BCUT2D eigenvalue weighted by Crippen LogP contribution is -2.22. The topological polar surface area (TPSA) is 41.1 Å². The van der Waals surface area contributed by atoms with Gasteiger partial charge in [-0.25, -0.2) is 0 Å². The van der Waals surface area contributed by atoms with E-state index >= 15 is 0 Å². The summed E-state index contributed by atoms with van der Waals surface area (Å²) >= 11 is 11.7. The number of hydrogen-bond donors (Lipinski definition) is 2. The fraction of sp³-hybridized carbons (Fsp3) is 0.133. The zero-order valence-electron chi connectivity index (χ0n) is 10.9. The highest BCUT2D eigenvalue weighted by Gasteiger charge is 2.04. The van der Waals surface area contributed by atoms with Crippen LogP contribution in [-0.2, 0) is 4.79 Å². The fourth-order valence-electron chi connectivity index (χ4n) is 1.70. The number of anilines is 2. The Balaban J connectivity index is 1.92. The zero-order chi connectivity index (χ0) is 14.5. The van der Waals surface area contributed by atoms with Crippen molar-refractivity contribution in [1.82, 2.24) is 0 Å². The maximum Gasteiger partial charge on any atom is 0.243 e. The van der Waals surface area contributed by atoms with E-state index in [9.17, 15) is 4.79 Å². The van der Waals surface area contributed by atoms with Crippen molar-refractivity contribution in [3.05, 3.63) is 58.1 Å². The molecular weight excluding hydrogens is 295 g/mol. The van der Waals surface area contributed by atoms with Crippen LogP contribution in [0.5, 0.6) is 0 Å². The van der Waals surface area contributed by atoms with E-state index in [1.165, 1.54) is 0 Å². The van der Waals surface area contributed by atoms with E-state index in [0.717, 1.165) is 11.3 Å². The molecule has 2 rings (SSSR count). The Hall–Kier alpha value is -1.71. The predicted molar refractivity (Wildman–Crippen MR) is 84.8 cm³/mol. The Morgan fingerprint density at radius 2 is 1.70 bits per heavy atom. The second-order valence-electron chi connectivity index (χ2n) is 4.37. The summed E-state index contributed by atoms with van der Waals surface area (Å²) in [5, 5.41) is 7.11. The summed E-state index contributed by atoms with van der Waals surface area (Å²) in [6.07, 6.45) is 0. The van der Waals surface area contributed by atoms with Crippen LogP contribution >= 0.6 is 23.2 Å². The first-order valence-electron chi connectivity index (χ1n) is 6.10. The SMILES string of the molecule is Cc1ccc(Cl)cc1NCC(=O)Nc1ccc(Cl)cc1. The van der Waals surface area contributed by atoms with Gasteiger partial charge < -0.3 is 10.6 Å². The average molecular weight is 309 g/mol. The zero-order valence-corrected chi connectivity index (χ0v) is 12.4. The van der Waals surface area contributed by atoms with Crippen molar-refractivity contribution in [2.45, 2.75) is 6.92 Å². The number of rotatable bonds is 4. The molecule has 0 spiro atoms. The van der Waals surface area contributed by atoms with Gasteiger partial charge in [-0.15, -0.1) is 0 Å². The van der Waals surface area contributed by atoms with Gasteiger partial charge in [-0.1, -0.05) is 29.3 Å². The van der Waals surface area contributed by atoms with Crippen molar-refractivity contribution in [3.63, 3.8) is 0 Å². The van der Waals surface area contributed by atoms with Crippen LogP contribution in [-0.4, -0.2) is 12.5 Å². The Bertz CT molecular complexity index is 612. The predicted octanol–water partition coefficient (Wildman–Crippen LogP) is 4.35. The highest BCUT2D eigenvalue weighted by Crippen LogP contribution is 2.20. The summed E-state index contributed by atoms with van der Waals surface area (Å²) < 4.78 is 0. The third-order valence-electron chi connectivity index (χ3n) is 2.77. The highest BCUT2D eigenvalue weighted by atomic mass is 35.5. The van der Waals surface area contributed by atoms with Crippen LogP contribution in [0.1, 0.15) is 5.56 Å². The molecule has 0 radical (unpaired) electrons. The fourth-order valence-corrected chi connectivity index (χ4v) is 2.00. The van der Waals surface area contributed by atoms with Crippen LogP contribution < -0.4 is 10.6 Å². The summed E-state index contributed by atoms with van der Waals surface area (Å²) in [6.45, 7) is 2.12. The normalized spacial score (nSPS) is 10.2. The molecule has 0 unspecified atom stereocenters. The molecule has 0 aliphatic rings. The molecule has 0 fully saturated rings. The second kappa shape index (κ2) is 6.64. The number of aryl methyl sites for hydroxylation is 1. The van der Waals surface area contributed by atoms with Gasteiger partial charge in [0.25, 0.3) is 0 Å². The number of halogens is 2. The Morgan fingerprint density at radius 1 is 1.05 bits per heavy atom. The van der Waals surface area contributed by atoms with Crippen LogP contribution in [0.15, 0.2) is 42.5 Å². The van der Waals surface area contributed by atoms with Gasteiger partial charge in [0.1, 0.15) is 0 Å². The minimum absolute atomic E-state index is 0.133. The number of carbonyl (C=O) groups is 1. The van der Waals surface area contributed by atoms with Gasteiger partial charge in [-0.3, -0.25) is 4.79 Å². The molecule has 2 aromatic rings. The number of benzene rings is 2. The van der Waals surface area contributed by atoms with Gasteiger partial charge in [-0.2, -0.15) is 0 Å². The Kier molecular flexibility index (Phi) is 4.88. The quantitative estimate of drug-likeness (QED) is 0.881. The number of carbonyl (C=O) groups excluding carboxylic acids is 1. The summed E-state index contributed by atoms with van der Waals surface area (Å²) in [4.78, 5) is 11.8. The summed E-state index contributed by atoms with van der Waals surface area (Å²) in [5.41, 5.74) is 2.60. The minimum atomic E-state index is -0.133. The molecule has 0 bridgehead atoms. The Morgan fingerprint density at radius 3 is 2.40 bits per heavy atom. The average Bonchev–Trinajstić information content (AvgIpc) is 2.42. The summed E-state index contributed by atoms with van der Waals surface area (Å²) in [6, 6.07) is 12.5. The highest BCUT2D eigenvalue weighted by molar-refractivity contribution is 6.31. The summed E-state index contributed by atoms with van der Waals surface area (Å²) in [5.74, 6) is -0.133. The lowest BCUT2D eigenvalue weighted by molar-refractivity contribution is -0.114. The lowest BCUT2D eigenvalue weighted by atomic mass is 10.2. The molecule has 0 aliphatic carbocycles. The number of nitrogens with one attached hydrogen (secondary N) is 2. The minimum Gasteiger partial charge on any atom is -0.376 e. The molecule has 2 N–H and O–H groups in total. The van der Waals surface area contributed by atoms with Crippen molar-refractivity contribution in [1.29, 1.82) is 0 Å². The first-order valence-corrected chi connectivity index (χ1v) is 6.85. The third kappa shape index (κ3) is 4.15. The molecule has 3 nitrogen and oxygen atoms in total. The molecular formula is C15H14Cl2N2O. The number of amides is 1. The van der Waals surface area contributed by atoms with E-state index in [2.05, 4.69) is 10.6 Å². The molecule has 0 saturated carbocycles. The van der Waals surface area contributed by atoms with Gasteiger partial charge in [0.2, 0.25) is 5.91 Å². The van der Waals surface area contributed by atoms with Crippen LogP contribution in [0.2, 0.25) is 10.0 Å². The molecule has 0 aromatic heterocycles. The molecule has 5 heteroatoms. The molecule has 104 valence electrons. The van der Waals surface area contributed by atoms with Crippen molar-refractivity contribution in [3.8, 4) is 0 Å². The molecule has 2 aromatic carbocycles. The van der Waals surface area contributed by atoms with E-state index in [1.54, 1.807) is 30.3 Å². The van der Waals surface area contributed by atoms with Crippen molar-refractivity contribution in [2.24, 2.45) is 0 Å². The first kappa shape index (κ1) is 14.7. The van der Waals surface area contributed by atoms with Crippen LogP contribution in [0.25, 0.3) is 0 Å². The molecule has 20 heavy (non-hydrogen) atoms. The maximum absolute atomic E-state index is 11.8. The molecule has 1 amide bonds. The molecule has 0 saturated heterocycles. The molecule has 0 aliphatic heterocycles. The standard InChI is InChI=1S/C15H14Cl2N2O/c1-10-2-3-12(17)8-14(10)18-9-15(20)19-13-6-4-11(16)5-7-13/h2-8,18H,9H2,1H3,(H,19,20). The third-order valence-corrected chi connectivity index (χ3v) is 3.25. The number of hydrogen-bond acceptors (Lipinski definition) is 2. The van der Waals surface area contributed by atoms with Gasteiger partial charge in [-0.05, 0) is 48.9 Å². The van der Waals surface area contributed by atoms with Gasteiger partial charge in [0, 0.05) is 21.4 Å². The van der Waals surface area contributed by atoms with E-state index in [1.807, 2.05) is 19.1 Å². The first-order chi connectivity index (χ1) is 9.54. The molecule has 0 atom stereocenters. The molecule has 0 heterocycles. The maximum atomic E-state index is 11.8. The van der Waals surface area contributed by atoms with E-state index in [4.69, 9.17) is 23.2 Å². The van der Waals surface area contributed by atoms with Crippen LogP contribution in [0.4, 0.5) is 11.4 Å². The monoisotopic (exact) mass is 308 g/mol. The van der Waals surface area contributed by atoms with Gasteiger partial charge in [0.05, 0.1) is 6.54 Å². The largest absolute Gasteiger partial charge is 0.376 e.